The predicted molar refractivity (Wildman–Crippen MR) is 62.2 cm³/mol. The highest BCUT2D eigenvalue weighted by Crippen LogP contribution is 2.24. The monoisotopic (exact) mass is 292 g/mol. The summed E-state index contributed by atoms with van der Waals surface area (Å²) in [5.41, 5.74) is 0.362. The maximum atomic E-state index is 12.7. The third-order valence-corrected chi connectivity index (χ3v) is 3.13. The molecule has 1 amide bonds. The minimum atomic E-state index is -4.47. The summed E-state index contributed by atoms with van der Waals surface area (Å²) in [6.07, 6.45) is -2.59. The molecule has 0 saturated carbocycles. The summed E-state index contributed by atoms with van der Waals surface area (Å²) >= 11 is 0. The smallest absolute Gasteiger partial charge is 0.406 e. The lowest BCUT2D eigenvalue weighted by molar-refractivity contribution is -0.144. The summed E-state index contributed by atoms with van der Waals surface area (Å²) in [7, 11) is 0. The lowest BCUT2D eigenvalue weighted by Gasteiger charge is -2.28. The van der Waals surface area contributed by atoms with Gasteiger partial charge in [0.25, 0.3) is 5.91 Å². The Bertz CT molecular complexity index is 467. The van der Waals surface area contributed by atoms with E-state index in [2.05, 4.69) is 4.98 Å². The van der Waals surface area contributed by atoms with Crippen molar-refractivity contribution in [3.05, 3.63) is 17.8 Å². The molecule has 0 aliphatic carbocycles. The predicted octanol–water partition coefficient (Wildman–Crippen LogP) is 2.03. The molecule has 0 radical (unpaired) electrons. The largest absolute Gasteiger partial charge is 0.438 e. The van der Waals surface area contributed by atoms with Crippen LogP contribution < -0.4 is 0 Å². The number of rotatable bonds is 4. The molecule has 2 heterocycles. The first-order valence-corrected chi connectivity index (χ1v) is 6.30. The second kappa shape index (κ2) is 5.82. The van der Waals surface area contributed by atoms with Crippen LogP contribution in [-0.2, 0) is 11.2 Å². The highest BCUT2D eigenvalue weighted by atomic mass is 19.4. The van der Waals surface area contributed by atoms with Gasteiger partial charge >= 0.3 is 6.18 Å². The first-order chi connectivity index (χ1) is 9.42. The Morgan fingerprint density at radius 2 is 2.30 bits per heavy atom. The van der Waals surface area contributed by atoms with Gasteiger partial charge in [-0.25, -0.2) is 4.98 Å². The van der Waals surface area contributed by atoms with E-state index < -0.39 is 24.7 Å². The molecule has 2 rings (SSSR count). The van der Waals surface area contributed by atoms with Crippen molar-refractivity contribution < 1.29 is 27.1 Å². The summed E-state index contributed by atoms with van der Waals surface area (Å²) in [6, 6.07) is -0.584. The van der Waals surface area contributed by atoms with Crippen LogP contribution in [0.1, 0.15) is 29.6 Å². The number of ether oxygens (including phenoxy) is 1. The van der Waals surface area contributed by atoms with Crippen LogP contribution in [-0.4, -0.2) is 47.8 Å². The molecule has 0 spiro atoms. The summed E-state index contributed by atoms with van der Waals surface area (Å²) in [6.45, 7) is 0.895. The average Bonchev–Trinajstić information content (AvgIpc) is 3.04. The molecule has 8 heteroatoms. The van der Waals surface area contributed by atoms with Gasteiger partial charge in [0.2, 0.25) is 5.76 Å². The van der Waals surface area contributed by atoms with E-state index >= 15 is 0 Å². The van der Waals surface area contributed by atoms with Gasteiger partial charge < -0.3 is 14.1 Å². The molecule has 0 N–H and O–H groups in total. The number of amides is 1. The standard InChI is InChI=1S/C12H15F3N2O3/c1-2-9-10(20-7-16-9)11(18)17(6-12(13,14)15)8-3-4-19-5-8/h7-8H,2-6H2,1H3. The Kier molecular flexibility index (Phi) is 4.32. The van der Waals surface area contributed by atoms with Crippen molar-refractivity contribution in [1.82, 2.24) is 9.88 Å². The number of alkyl halides is 3. The van der Waals surface area contributed by atoms with Crippen LogP contribution in [0.3, 0.4) is 0 Å². The lowest BCUT2D eigenvalue weighted by atomic mass is 10.2. The Balaban J connectivity index is 2.23. The van der Waals surface area contributed by atoms with Gasteiger partial charge in [-0.05, 0) is 12.8 Å². The minimum Gasteiger partial charge on any atom is -0.438 e. The topological polar surface area (TPSA) is 55.6 Å². The number of hydrogen-bond donors (Lipinski definition) is 0. The number of oxazole rings is 1. The van der Waals surface area contributed by atoms with Crippen LogP contribution in [0.2, 0.25) is 0 Å². The zero-order chi connectivity index (χ0) is 14.8. The van der Waals surface area contributed by atoms with Crippen molar-refractivity contribution in [3.63, 3.8) is 0 Å². The molecule has 1 aliphatic heterocycles. The van der Waals surface area contributed by atoms with Gasteiger partial charge in [0.05, 0.1) is 18.3 Å². The number of aromatic nitrogens is 1. The molecule has 1 atom stereocenters. The number of nitrogens with zero attached hydrogens (tertiary/aromatic N) is 2. The van der Waals surface area contributed by atoms with E-state index in [1.807, 2.05) is 0 Å². The summed E-state index contributed by atoms with van der Waals surface area (Å²) < 4.78 is 48.0. The Hall–Kier alpha value is -1.57. The van der Waals surface area contributed by atoms with Crippen LogP contribution >= 0.6 is 0 Å². The third kappa shape index (κ3) is 3.30. The van der Waals surface area contributed by atoms with Gasteiger partial charge in [0.15, 0.2) is 6.39 Å². The van der Waals surface area contributed by atoms with E-state index in [1.165, 1.54) is 0 Å². The summed E-state index contributed by atoms with van der Waals surface area (Å²) in [4.78, 5) is 16.9. The SMILES string of the molecule is CCc1ncoc1C(=O)N(CC(F)(F)F)C1CCOC1. The summed E-state index contributed by atoms with van der Waals surface area (Å²) in [5, 5.41) is 0. The van der Waals surface area contributed by atoms with Crippen LogP contribution in [0, 0.1) is 0 Å². The second-order valence-electron chi connectivity index (χ2n) is 4.55. The van der Waals surface area contributed by atoms with E-state index in [1.54, 1.807) is 6.92 Å². The minimum absolute atomic E-state index is 0.109. The maximum Gasteiger partial charge on any atom is 0.406 e. The fourth-order valence-corrected chi connectivity index (χ4v) is 2.15. The van der Waals surface area contributed by atoms with Gasteiger partial charge in [-0.2, -0.15) is 13.2 Å². The van der Waals surface area contributed by atoms with Crippen LogP contribution in [0.25, 0.3) is 0 Å². The van der Waals surface area contributed by atoms with Gasteiger partial charge in [0.1, 0.15) is 6.54 Å². The van der Waals surface area contributed by atoms with Crippen molar-refractivity contribution in [2.75, 3.05) is 19.8 Å². The van der Waals surface area contributed by atoms with Crippen molar-refractivity contribution >= 4 is 5.91 Å². The maximum absolute atomic E-state index is 12.7. The number of carbonyl (C=O) groups excluding carboxylic acids is 1. The molecule has 1 aromatic rings. The van der Waals surface area contributed by atoms with Crippen molar-refractivity contribution in [1.29, 1.82) is 0 Å². The van der Waals surface area contributed by atoms with Crippen molar-refractivity contribution in [3.8, 4) is 0 Å². The molecular weight excluding hydrogens is 277 g/mol. The molecule has 1 aromatic heterocycles. The van der Waals surface area contributed by atoms with E-state index in [0.717, 1.165) is 11.3 Å². The number of halogens is 3. The fraction of sp³-hybridized carbons (Fsp3) is 0.667. The number of carbonyl (C=O) groups is 1. The van der Waals surface area contributed by atoms with Crippen molar-refractivity contribution in [2.45, 2.75) is 32.0 Å². The normalized spacial score (nSPS) is 19.3. The fourth-order valence-electron chi connectivity index (χ4n) is 2.15. The number of aryl methyl sites for hydroxylation is 1. The van der Waals surface area contributed by atoms with E-state index in [9.17, 15) is 18.0 Å². The molecule has 1 aliphatic rings. The first kappa shape index (κ1) is 14.8. The third-order valence-electron chi connectivity index (χ3n) is 3.13. The molecular formula is C12H15F3N2O3. The molecule has 1 unspecified atom stereocenters. The van der Waals surface area contributed by atoms with E-state index in [-0.39, 0.29) is 12.4 Å². The Morgan fingerprint density at radius 3 is 2.85 bits per heavy atom. The second-order valence-corrected chi connectivity index (χ2v) is 4.55. The Labute approximate surface area is 113 Å². The number of hydrogen-bond acceptors (Lipinski definition) is 4. The van der Waals surface area contributed by atoms with Gasteiger partial charge in [-0.3, -0.25) is 4.79 Å². The van der Waals surface area contributed by atoms with Gasteiger partial charge in [-0.1, -0.05) is 6.92 Å². The molecule has 1 fully saturated rings. The quantitative estimate of drug-likeness (QED) is 0.852. The van der Waals surface area contributed by atoms with Gasteiger partial charge in [0, 0.05) is 6.61 Å². The molecule has 0 aromatic carbocycles. The van der Waals surface area contributed by atoms with Crippen LogP contribution in [0.4, 0.5) is 13.2 Å². The lowest BCUT2D eigenvalue weighted by Crippen LogP contribution is -2.46. The summed E-state index contributed by atoms with van der Waals surface area (Å²) in [5.74, 6) is -0.907. The average molecular weight is 292 g/mol. The molecule has 20 heavy (non-hydrogen) atoms. The van der Waals surface area contributed by atoms with Crippen molar-refractivity contribution in [2.24, 2.45) is 0 Å². The molecule has 112 valence electrons. The van der Waals surface area contributed by atoms with E-state index in [0.29, 0.717) is 25.1 Å². The zero-order valence-corrected chi connectivity index (χ0v) is 10.9. The highest BCUT2D eigenvalue weighted by molar-refractivity contribution is 5.92. The zero-order valence-electron chi connectivity index (χ0n) is 10.9. The van der Waals surface area contributed by atoms with Crippen LogP contribution in [0.5, 0.6) is 0 Å². The van der Waals surface area contributed by atoms with Crippen LogP contribution in [0.15, 0.2) is 10.8 Å². The Morgan fingerprint density at radius 1 is 1.55 bits per heavy atom. The highest BCUT2D eigenvalue weighted by Gasteiger charge is 2.39. The molecule has 0 bridgehead atoms. The molecule has 5 nitrogen and oxygen atoms in total. The first-order valence-electron chi connectivity index (χ1n) is 6.30. The molecule has 1 saturated heterocycles. The van der Waals surface area contributed by atoms with Gasteiger partial charge in [-0.15, -0.1) is 0 Å². The van der Waals surface area contributed by atoms with E-state index in [4.69, 9.17) is 9.15 Å².